The highest BCUT2D eigenvalue weighted by Gasteiger charge is 2.50. The highest BCUT2D eigenvalue weighted by atomic mass is 19.4. The first-order chi connectivity index (χ1) is 15.0. The molecule has 1 aliphatic carbocycles. The third-order valence-corrected chi connectivity index (χ3v) is 7.20. The lowest BCUT2D eigenvalue weighted by Gasteiger charge is -2.48. The second kappa shape index (κ2) is 8.06. The van der Waals surface area contributed by atoms with Crippen LogP contribution < -0.4 is 10.2 Å². The summed E-state index contributed by atoms with van der Waals surface area (Å²) in [6.07, 6.45) is 1.08. The Bertz CT molecular complexity index is 982. The van der Waals surface area contributed by atoms with E-state index in [0.29, 0.717) is 17.8 Å². The molecule has 1 N–H and O–H groups in total. The maximum atomic E-state index is 13.0. The van der Waals surface area contributed by atoms with Crippen LogP contribution in [0.15, 0.2) is 42.6 Å². The maximum absolute atomic E-state index is 13.0. The number of amides is 2. The molecule has 1 spiro atoms. The number of rotatable bonds is 4. The van der Waals surface area contributed by atoms with Gasteiger partial charge in [0.2, 0.25) is 0 Å². The number of nitrogens with zero attached hydrogens (tertiary/aromatic N) is 3. The summed E-state index contributed by atoms with van der Waals surface area (Å²) < 4.78 is 38.9. The Morgan fingerprint density at radius 2 is 1.78 bits per heavy atom. The van der Waals surface area contributed by atoms with Gasteiger partial charge in [-0.25, -0.2) is 9.78 Å². The predicted octanol–water partition coefficient (Wildman–Crippen LogP) is 4.79. The van der Waals surface area contributed by atoms with Crippen molar-refractivity contribution in [3.63, 3.8) is 0 Å². The van der Waals surface area contributed by atoms with E-state index in [1.54, 1.807) is 11.8 Å². The number of aryl methyl sites for hydroxylation is 1. The van der Waals surface area contributed by atoms with E-state index in [1.807, 2.05) is 6.07 Å². The number of pyridine rings is 1. The molecule has 4 rings (SSSR count). The second-order valence-corrected chi connectivity index (χ2v) is 9.43. The Hall–Kier alpha value is -2.61. The minimum atomic E-state index is -4.50. The van der Waals surface area contributed by atoms with E-state index in [2.05, 4.69) is 53.6 Å². The lowest BCUT2D eigenvalue weighted by molar-refractivity contribution is -0.141. The van der Waals surface area contributed by atoms with Gasteiger partial charge in [-0.15, -0.1) is 0 Å². The van der Waals surface area contributed by atoms with Gasteiger partial charge >= 0.3 is 12.2 Å². The Balaban J connectivity index is 1.51. The topological polar surface area (TPSA) is 48.5 Å². The number of anilines is 1. The van der Waals surface area contributed by atoms with E-state index in [1.165, 1.54) is 11.8 Å². The first kappa shape index (κ1) is 22.6. The van der Waals surface area contributed by atoms with Gasteiger partial charge in [0.25, 0.3) is 0 Å². The number of hydrogen-bond donors (Lipinski definition) is 1. The Kier molecular flexibility index (Phi) is 5.69. The Morgan fingerprint density at radius 1 is 1.12 bits per heavy atom. The lowest BCUT2D eigenvalue weighted by Crippen LogP contribution is -2.56. The highest BCUT2D eigenvalue weighted by molar-refractivity contribution is 5.95. The number of halogens is 3. The number of alkyl halides is 3. The first-order valence-electron chi connectivity index (χ1n) is 10.9. The van der Waals surface area contributed by atoms with Gasteiger partial charge < -0.3 is 10.2 Å². The summed E-state index contributed by atoms with van der Waals surface area (Å²) in [6.45, 7) is 2.02. The molecule has 1 saturated carbocycles. The quantitative estimate of drug-likeness (QED) is 0.734. The molecule has 1 aliphatic heterocycles. The molecule has 1 aromatic heterocycles. The molecule has 0 atom stereocenters. The average molecular weight is 447 g/mol. The van der Waals surface area contributed by atoms with Gasteiger partial charge in [0, 0.05) is 5.54 Å². The van der Waals surface area contributed by atoms with Crippen LogP contribution >= 0.6 is 0 Å². The van der Waals surface area contributed by atoms with Crippen molar-refractivity contribution in [2.75, 3.05) is 25.5 Å². The molecule has 172 valence electrons. The van der Waals surface area contributed by atoms with Crippen molar-refractivity contribution in [3.05, 3.63) is 59.4 Å². The third-order valence-electron chi connectivity index (χ3n) is 7.20. The molecule has 0 radical (unpaired) electrons. The third kappa shape index (κ3) is 4.20. The molecule has 1 saturated heterocycles. The van der Waals surface area contributed by atoms with Gasteiger partial charge in [-0.05, 0) is 70.3 Å². The zero-order valence-corrected chi connectivity index (χ0v) is 18.7. The predicted molar refractivity (Wildman–Crippen MR) is 118 cm³/mol. The van der Waals surface area contributed by atoms with Crippen LogP contribution in [0.25, 0.3) is 0 Å². The van der Waals surface area contributed by atoms with Gasteiger partial charge in [-0.3, -0.25) is 4.90 Å². The Labute approximate surface area is 186 Å². The number of likely N-dealkylation sites (N-methyl/N-ethyl adjacent to an activating group) is 1. The molecule has 2 aliphatic rings. The maximum Gasteiger partial charge on any atom is 0.433 e. The monoisotopic (exact) mass is 446 g/mol. The summed E-state index contributed by atoms with van der Waals surface area (Å²) in [6, 6.07) is 11.2. The molecule has 32 heavy (non-hydrogen) atoms. The minimum absolute atomic E-state index is 0.0105. The van der Waals surface area contributed by atoms with Crippen molar-refractivity contribution < 1.29 is 18.0 Å². The molecule has 0 bridgehead atoms. The van der Waals surface area contributed by atoms with Crippen molar-refractivity contribution >= 4 is 11.7 Å². The van der Waals surface area contributed by atoms with Crippen LogP contribution in [-0.2, 0) is 12.6 Å². The summed E-state index contributed by atoms with van der Waals surface area (Å²) in [4.78, 5) is 20.2. The van der Waals surface area contributed by atoms with E-state index >= 15 is 0 Å². The molecule has 8 heteroatoms. The van der Waals surface area contributed by atoms with Gasteiger partial charge in [0.1, 0.15) is 5.69 Å². The van der Waals surface area contributed by atoms with Crippen LogP contribution in [0.2, 0.25) is 0 Å². The lowest BCUT2D eigenvalue weighted by atomic mass is 9.69. The molecular weight excluding hydrogens is 417 g/mol. The van der Waals surface area contributed by atoms with Crippen LogP contribution in [0.5, 0.6) is 0 Å². The fraction of sp³-hybridized carbons (Fsp3) is 0.500. The van der Waals surface area contributed by atoms with Crippen molar-refractivity contribution in [1.82, 2.24) is 15.2 Å². The Morgan fingerprint density at radius 3 is 2.34 bits per heavy atom. The number of hydrogen-bond acceptors (Lipinski definition) is 3. The van der Waals surface area contributed by atoms with E-state index < -0.39 is 11.9 Å². The van der Waals surface area contributed by atoms with Crippen molar-refractivity contribution in [1.29, 1.82) is 0 Å². The number of nitrogens with one attached hydrogen (secondary N) is 1. The molecule has 2 fully saturated rings. The number of aromatic nitrogens is 1. The fourth-order valence-corrected chi connectivity index (χ4v) is 5.12. The summed E-state index contributed by atoms with van der Waals surface area (Å²) in [5.41, 5.74) is 0.810. The van der Waals surface area contributed by atoms with E-state index in [4.69, 9.17) is 0 Å². The number of carbonyl (C=O) groups excluding carboxylic acids is 1. The average Bonchev–Trinajstić information content (AvgIpc) is 3.05. The summed E-state index contributed by atoms with van der Waals surface area (Å²) in [5.74, 6) is 0. The fourth-order valence-electron chi connectivity index (χ4n) is 5.12. The van der Waals surface area contributed by atoms with Crippen LogP contribution in [0.3, 0.4) is 0 Å². The zero-order chi connectivity index (χ0) is 23.1. The number of urea groups is 1. The van der Waals surface area contributed by atoms with Crippen LogP contribution in [0, 0.1) is 6.92 Å². The van der Waals surface area contributed by atoms with Crippen LogP contribution in [-0.4, -0.2) is 47.6 Å². The molecule has 2 aromatic rings. The van der Waals surface area contributed by atoms with Gasteiger partial charge in [0.05, 0.1) is 24.0 Å². The molecule has 0 unspecified atom stereocenters. The van der Waals surface area contributed by atoms with Gasteiger partial charge in [0.15, 0.2) is 0 Å². The van der Waals surface area contributed by atoms with Crippen LogP contribution in [0.4, 0.5) is 23.7 Å². The van der Waals surface area contributed by atoms with Gasteiger partial charge in [-0.1, -0.05) is 30.3 Å². The first-order valence-corrected chi connectivity index (χ1v) is 10.9. The van der Waals surface area contributed by atoms with Gasteiger partial charge in [-0.2, -0.15) is 13.2 Å². The van der Waals surface area contributed by atoms with Crippen molar-refractivity contribution in [2.45, 2.75) is 56.3 Å². The molecule has 2 amide bonds. The summed E-state index contributed by atoms with van der Waals surface area (Å²) in [7, 11) is 4.22. The zero-order valence-electron chi connectivity index (χ0n) is 18.7. The standard InChI is InChI=1S/C24H29F3N4O/c1-17-13-20(24(25,26)27)28-15-19(17)31-16-22(29-21(31)32)9-11-23(12-10-22,30(2)3)14-18-7-5-4-6-8-18/h4-8,13,15H,9-12,14,16H2,1-3H3,(H,29,32). The van der Waals surface area contributed by atoms with E-state index in [9.17, 15) is 18.0 Å². The summed E-state index contributed by atoms with van der Waals surface area (Å²) in [5, 5.41) is 3.15. The van der Waals surface area contributed by atoms with Crippen molar-refractivity contribution in [3.8, 4) is 0 Å². The molecule has 5 nitrogen and oxygen atoms in total. The van der Waals surface area contributed by atoms with Crippen molar-refractivity contribution in [2.24, 2.45) is 0 Å². The van der Waals surface area contributed by atoms with E-state index in [-0.39, 0.29) is 17.1 Å². The number of benzene rings is 1. The largest absolute Gasteiger partial charge is 0.433 e. The molecular formula is C24H29F3N4O. The smallest absolute Gasteiger partial charge is 0.330 e. The minimum Gasteiger partial charge on any atom is -0.330 e. The SMILES string of the molecule is Cc1cc(C(F)(F)F)ncc1N1CC2(CCC(Cc3ccccc3)(N(C)C)CC2)NC1=O. The number of carbonyl (C=O) groups is 1. The molecule has 1 aromatic carbocycles. The highest BCUT2D eigenvalue weighted by Crippen LogP contribution is 2.43. The van der Waals surface area contributed by atoms with Crippen LogP contribution in [0.1, 0.15) is 42.5 Å². The second-order valence-electron chi connectivity index (χ2n) is 9.43. The normalized spacial score (nSPS) is 26.1. The summed E-state index contributed by atoms with van der Waals surface area (Å²) >= 11 is 0. The van der Waals surface area contributed by atoms with E-state index in [0.717, 1.165) is 38.2 Å². The molecule has 2 heterocycles.